The summed E-state index contributed by atoms with van der Waals surface area (Å²) in [6.45, 7) is 3.31. The second kappa shape index (κ2) is 7.76. The number of aromatic amines is 1. The first kappa shape index (κ1) is 19.8. The molecule has 2 saturated heterocycles. The second-order valence-electron chi connectivity index (χ2n) is 8.44. The van der Waals surface area contributed by atoms with Crippen LogP contribution in [0.4, 0.5) is 9.18 Å². The van der Waals surface area contributed by atoms with E-state index in [-0.39, 0.29) is 17.8 Å². The predicted octanol–water partition coefficient (Wildman–Crippen LogP) is 2.16. The molecule has 2 amide bonds. The van der Waals surface area contributed by atoms with Gasteiger partial charge in [-0.3, -0.25) is 10.00 Å². The van der Waals surface area contributed by atoms with Crippen LogP contribution in [0.5, 0.6) is 0 Å². The SMILES string of the molecule is CN(C)C(=O)N1CC[C@]2(O)CCN(Cc3cn[nH]c3-c3cccc(F)c3)C[C@@H]2C1. The fourth-order valence-corrected chi connectivity index (χ4v) is 4.54. The van der Waals surface area contributed by atoms with E-state index in [1.54, 1.807) is 31.3 Å². The maximum Gasteiger partial charge on any atom is 0.319 e. The number of urea groups is 1. The van der Waals surface area contributed by atoms with Gasteiger partial charge in [0.05, 0.1) is 17.5 Å². The molecule has 0 saturated carbocycles. The lowest BCUT2D eigenvalue weighted by molar-refractivity contribution is -0.108. The number of likely N-dealkylation sites (tertiary alicyclic amines) is 2. The first-order valence-electron chi connectivity index (χ1n) is 10.0. The second-order valence-corrected chi connectivity index (χ2v) is 8.44. The number of aliphatic hydroxyl groups is 1. The number of nitrogens with zero attached hydrogens (tertiary/aromatic N) is 4. The van der Waals surface area contributed by atoms with Crippen molar-refractivity contribution in [2.45, 2.75) is 25.0 Å². The number of nitrogens with one attached hydrogen (secondary N) is 1. The Morgan fingerprint density at radius 3 is 2.90 bits per heavy atom. The molecule has 0 unspecified atom stereocenters. The van der Waals surface area contributed by atoms with Gasteiger partial charge >= 0.3 is 6.03 Å². The molecule has 29 heavy (non-hydrogen) atoms. The summed E-state index contributed by atoms with van der Waals surface area (Å²) in [6, 6.07) is 6.47. The molecular weight excluding hydrogens is 373 g/mol. The largest absolute Gasteiger partial charge is 0.389 e. The number of H-pyrrole nitrogens is 1. The van der Waals surface area contributed by atoms with Crippen molar-refractivity contribution in [1.29, 1.82) is 0 Å². The highest BCUT2D eigenvalue weighted by molar-refractivity contribution is 5.74. The standard InChI is InChI=1S/C21H28FN5O2/c1-25(2)20(28)27-9-7-21(29)6-8-26(13-17(21)14-27)12-16-11-23-24-19(16)15-4-3-5-18(22)10-15/h3-5,10-11,17,29H,6-9,12-14H2,1-2H3,(H,23,24)/t17-,21-/m1/s1. The fraction of sp³-hybridized carbons (Fsp3) is 0.524. The Hall–Kier alpha value is -2.45. The van der Waals surface area contributed by atoms with Crippen LogP contribution in [0.1, 0.15) is 18.4 Å². The molecular formula is C21H28FN5O2. The van der Waals surface area contributed by atoms with Gasteiger partial charge in [0.1, 0.15) is 5.82 Å². The van der Waals surface area contributed by atoms with Gasteiger partial charge in [0, 0.05) is 63.9 Å². The third-order valence-electron chi connectivity index (χ3n) is 6.23. The molecule has 3 heterocycles. The molecule has 4 rings (SSSR count). The van der Waals surface area contributed by atoms with E-state index < -0.39 is 5.60 Å². The number of halogens is 1. The zero-order valence-electron chi connectivity index (χ0n) is 16.9. The third-order valence-corrected chi connectivity index (χ3v) is 6.23. The van der Waals surface area contributed by atoms with Gasteiger partial charge in [0.2, 0.25) is 0 Å². The Morgan fingerprint density at radius 1 is 1.34 bits per heavy atom. The molecule has 2 N–H and O–H groups in total. The lowest BCUT2D eigenvalue weighted by Gasteiger charge is -2.50. The van der Waals surface area contributed by atoms with Crippen LogP contribution >= 0.6 is 0 Å². The zero-order chi connectivity index (χ0) is 20.6. The molecule has 0 bridgehead atoms. The highest BCUT2D eigenvalue weighted by Crippen LogP contribution is 2.36. The molecule has 2 aliphatic heterocycles. The first-order chi connectivity index (χ1) is 13.9. The van der Waals surface area contributed by atoms with Crippen LogP contribution in [0, 0.1) is 11.7 Å². The van der Waals surface area contributed by atoms with Gasteiger partial charge in [-0.15, -0.1) is 0 Å². The molecule has 0 radical (unpaired) electrons. The normalized spacial score (nSPS) is 25.0. The molecule has 0 aliphatic carbocycles. The van der Waals surface area contributed by atoms with Gasteiger partial charge in [-0.25, -0.2) is 9.18 Å². The average molecular weight is 401 g/mol. The van der Waals surface area contributed by atoms with Crippen LogP contribution in [0.2, 0.25) is 0 Å². The van der Waals surface area contributed by atoms with Gasteiger partial charge in [-0.2, -0.15) is 5.10 Å². The first-order valence-corrected chi connectivity index (χ1v) is 10.0. The van der Waals surface area contributed by atoms with E-state index in [1.165, 1.54) is 12.1 Å². The average Bonchev–Trinajstić information content (AvgIpc) is 3.15. The third kappa shape index (κ3) is 4.00. The number of hydrogen-bond acceptors (Lipinski definition) is 4. The molecule has 1 aromatic carbocycles. The molecule has 0 spiro atoms. The van der Waals surface area contributed by atoms with Crippen molar-refractivity contribution < 1.29 is 14.3 Å². The number of amides is 2. The summed E-state index contributed by atoms with van der Waals surface area (Å²) in [5.41, 5.74) is 1.88. The van der Waals surface area contributed by atoms with Crippen molar-refractivity contribution in [3.05, 3.63) is 41.8 Å². The predicted molar refractivity (Wildman–Crippen MR) is 108 cm³/mol. The summed E-state index contributed by atoms with van der Waals surface area (Å²) in [5.74, 6) is -0.266. The topological polar surface area (TPSA) is 75.7 Å². The molecule has 2 atom stereocenters. The van der Waals surface area contributed by atoms with Crippen LogP contribution in [-0.2, 0) is 6.54 Å². The van der Waals surface area contributed by atoms with Crippen LogP contribution in [0.15, 0.2) is 30.5 Å². The maximum absolute atomic E-state index is 13.6. The van der Waals surface area contributed by atoms with E-state index in [2.05, 4.69) is 15.1 Å². The van der Waals surface area contributed by atoms with E-state index >= 15 is 0 Å². The number of benzene rings is 1. The lowest BCUT2D eigenvalue weighted by Crippen LogP contribution is -2.61. The molecule has 8 heteroatoms. The van der Waals surface area contributed by atoms with Crippen molar-refractivity contribution in [2.75, 3.05) is 40.3 Å². The van der Waals surface area contributed by atoms with Crippen molar-refractivity contribution in [3.8, 4) is 11.3 Å². The van der Waals surface area contributed by atoms with Crippen molar-refractivity contribution >= 4 is 6.03 Å². The quantitative estimate of drug-likeness (QED) is 0.827. The Bertz CT molecular complexity index is 885. The van der Waals surface area contributed by atoms with Gasteiger partial charge in [0.15, 0.2) is 0 Å². The summed E-state index contributed by atoms with van der Waals surface area (Å²) in [5, 5.41) is 18.2. The van der Waals surface area contributed by atoms with Crippen LogP contribution in [0.3, 0.4) is 0 Å². The number of carbonyl (C=O) groups excluding carboxylic acids is 1. The summed E-state index contributed by atoms with van der Waals surface area (Å²) in [7, 11) is 3.51. The maximum atomic E-state index is 13.6. The smallest absolute Gasteiger partial charge is 0.319 e. The minimum Gasteiger partial charge on any atom is -0.389 e. The highest BCUT2D eigenvalue weighted by atomic mass is 19.1. The van der Waals surface area contributed by atoms with Gasteiger partial charge < -0.3 is 14.9 Å². The summed E-state index contributed by atoms with van der Waals surface area (Å²) in [4.78, 5) is 18.1. The minimum atomic E-state index is -0.707. The zero-order valence-corrected chi connectivity index (χ0v) is 16.9. The highest BCUT2D eigenvalue weighted by Gasteiger charge is 2.46. The van der Waals surface area contributed by atoms with Crippen molar-refractivity contribution in [3.63, 3.8) is 0 Å². The lowest BCUT2D eigenvalue weighted by atomic mass is 9.75. The Labute approximate surface area is 170 Å². The number of rotatable bonds is 3. The number of aromatic nitrogens is 2. The van der Waals surface area contributed by atoms with Gasteiger partial charge in [-0.1, -0.05) is 12.1 Å². The molecule has 1 aromatic heterocycles. The van der Waals surface area contributed by atoms with Gasteiger partial charge in [-0.05, 0) is 25.0 Å². The number of fused-ring (bicyclic) bond motifs is 1. The van der Waals surface area contributed by atoms with E-state index in [0.29, 0.717) is 39.0 Å². The molecule has 2 fully saturated rings. The monoisotopic (exact) mass is 401 g/mol. The van der Waals surface area contributed by atoms with E-state index in [1.807, 2.05) is 11.0 Å². The number of hydrogen-bond donors (Lipinski definition) is 2. The molecule has 7 nitrogen and oxygen atoms in total. The molecule has 156 valence electrons. The van der Waals surface area contributed by atoms with Crippen LogP contribution in [0.25, 0.3) is 11.3 Å². The number of carbonyl (C=O) groups is 1. The fourth-order valence-electron chi connectivity index (χ4n) is 4.54. The van der Waals surface area contributed by atoms with Crippen molar-refractivity contribution in [1.82, 2.24) is 24.9 Å². The Kier molecular flexibility index (Phi) is 5.31. The van der Waals surface area contributed by atoms with Crippen molar-refractivity contribution in [2.24, 2.45) is 5.92 Å². The Balaban J connectivity index is 1.47. The minimum absolute atomic E-state index is 0.00704. The van der Waals surface area contributed by atoms with Crippen LogP contribution in [-0.4, -0.2) is 81.9 Å². The number of piperidine rings is 2. The van der Waals surface area contributed by atoms with E-state index in [0.717, 1.165) is 23.4 Å². The van der Waals surface area contributed by atoms with Crippen LogP contribution < -0.4 is 0 Å². The molecule has 2 aromatic rings. The summed E-state index contributed by atoms with van der Waals surface area (Å²) in [6.07, 6.45) is 3.09. The molecule has 2 aliphatic rings. The Morgan fingerprint density at radius 2 is 2.14 bits per heavy atom. The van der Waals surface area contributed by atoms with Gasteiger partial charge in [0.25, 0.3) is 0 Å². The summed E-state index contributed by atoms with van der Waals surface area (Å²) >= 11 is 0. The van der Waals surface area contributed by atoms with E-state index in [4.69, 9.17) is 0 Å². The van der Waals surface area contributed by atoms with E-state index in [9.17, 15) is 14.3 Å². The summed E-state index contributed by atoms with van der Waals surface area (Å²) < 4.78 is 13.6.